The van der Waals surface area contributed by atoms with E-state index in [0.717, 1.165) is 17.1 Å². The molecule has 2 heterocycles. The molecule has 4 heteroatoms. The Kier molecular flexibility index (Phi) is 2.04. The minimum Gasteiger partial charge on any atom is -0.344 e. The first-order chi connectivity index (χ1) is 7.93. The molecule has 0 aliphatic carbocycles. The highest BCUT2D eigenvalue weighted by Gasteiger charge is 2.04. The molecule has 16 heavy (non-hydrogen) atoms. The van der Waals surface area contributed by atoms with Crippen LogP contribution < -0.4 is 0 Å². The summed E-state index contributed by atoms with van der Waals surface area (Å²) in [6.07, 6.45) is 8.12. The van der Waals surface area contributed by atoms with Crippen molar-refractivity contribution in [3.05, 3.63) is 55.1 Å². The highest BCUT2D eigenvalue weighted by Crippen LogP contribution is 2.15. The van der Waals surface area contributed by atoms with Crippen LogP contribution in [0, 0.1) is 6.20 Å². The fourth-order valence-electron chi connectivity index (χ4n) is 1.54. The molecule has 0 saturated heterocycles. The molecule has 0 bridgehead atoms. The average Bonchev–Trinajstić information content (AvgIpc) is 3.01. The Bertz CT molecular complexity index is 566. The van der Waals surface area contributed by atoms with Crippen LogP contribution in [-0.4, -0.2) is 19.7 Å². The van der Waals surface area contributed by atoms with Gasteiger partial charge in [-0.05, 0) is 12.1 Å². The summed E-state index contributed by atoms with van der Waals surface area (Å²) in [6, 6.07) is 9.96. The molecular weight excluding hydrogens is 200 g/mol. The molecule has 0 spiro atoms. The third-order valence-corrected chi connectivity index (χ3v) is 2.33. The third kappa shape index (κ3) is 1.50. The number of hydrogen-bond donors (Lipinski definition) is 1. The fourth-order valence-corrected chi connectivity index (χ4v) is 1.54. The molecule has 3 aromatic rings. The summed E-state index contributed by atoms with van der Waals surface area (Å²) in [7, 11) is 0. The van der Waals surface area contributed by atoms with E-state index in [2.05, 4.69) is 21.3 Å². The van der Waals surface area contributed by atoms with Gasteiger partial charge in [0, 0.05) is 12.4 Å². The Morgan fingerprint density at radius 2 is 2.06 bits per heavy atom. The second kappa shape index (κ2) is 3.66. The first kappa shape index (κ1) is 8.91. The van der Waals surface area contributed by atoms with Gasteiger partial charge in [-0.25, -0.2) is 9.67 Å². The van der Waals surface area contributed by atoms with Crippen molar-refractivity contribution in [2.75, 3.05) is 0 Å². The standard InChI is InChI=1S/C12H9N4/c1-2-4-11(5-3-1)16-9-10(8-15-16)12-13-6-7-14-12/h1-6,8-9H,(H,13,14). The molecule has 2 aromatic heterocycles. The molecule has 0 atom stereocenters. The lowest BCUT2D eigenvalue weighted by Gasteiger charge is -1.98. The monoisotopic (exact) mass is 209 g/mol. The predicted molar refractivity (Wildman–Crippen MR) is 60.0 cm³/mol. The quantitative estimate of drug-likeness (QED) is 0.702. The van der Waals surface area contributed by atoms with Crippen molar-refractivity contribution >= 4 is 0 Å². The van der Waals surface area contributed by atoms with E-state index in [0.29, 0.717) is 0 Å². The summed E-state index contributed by atoms with van der Waals surface area (Å²) in [5.74, 6) is 0.780. The number of rotatable bonds is 2. The molecule has 1 N–H and O–H groups in total. The number of aromatic amines is 1. The van der Waals surface area contributed by atoms with Crippen LogP contribution in [0.25, 0.3) is 17.1 Å². The molecule has 1 aromatic carbocycles. The normalized spacial score (nSPS) is 10.5. The van der Waals surface area contributed by atoms with Crippen molar-refractivity contribution in [2.24, 2.45) is 0 Å². The van der Waals surface area contributed by atoms with E-state index in [-0.39, 0.29) is 0 Å². The van der Waals surface area contributed by atoms with Gasteiger partial charge < -0.3 is 4.98 Å². The fraction of sp³-hybridized carbons (Fsp3) is 0. The minimum atomic E-state index is 0.780. The van der Waals surface area contributed by atoms with Gasteiger partial charge in [0.05, 0.1) is 17.4 Å². The van der Waals surface area contributed by atoms with E-state index >= 15 is 0 Å². The van der Waals surface area contributed by atoms with E-state index in [1.807, 2.05) is 41.2 Å². The third-order valence-electron chi connectivity index (χ3n) is 2.33. The van der Waals surface area contributed by atoms with Gasteiger partial charge in [0.15, 0.2) is 0 Å². The molecule has 0 saturated carbocycles. The van der Waals surface area contributed by atoms with Crippen molar-refractivity contribution in [3.8, 4) is 17.1 Å². The molecule has 0 fully saturated rings. The molecule has 0 aliphatic rings. The molecule has 77 valence electrons. The van der Waals surface area contributed by atoms with Crippen molar-refractivity contribution in [1.29, 1.82) is 0 Å². The van der Waals surface area contributed by atoms with Gasteiger partial charge in [-0.3, -0.25) is 0 Å². The summed E-state index contributed by atoms with van der Waals surface area (Å²) in [5, 5.41) is 4.29. The van der Waals surface area contributed by atoms with Crippen LogP contribution in [0.1, 0.15) is 0 Å². The second-order valence-corrected chi connectivity index (χ2v) is 3.39. The molecule has 0 aliphatic heterocycles. The second-order valence-electron chi connectivity index (χ2n) is 3.39. The van der Waals surface area contributed by atoms with Gasteiger partial charge in [-0.15, -0.1) is 0 Å². The van der Waals surface area contributed by atoms with E-state index in [9.17, 15) is 0 Å². The predicted octanol–water partition coefficient (Wildman–Crippen LogP) is 2.06. The zero-order chi connectivity index (χ0) is 10.8. The van der Waals surface area contributed by atoms with Gasteiger partial charge in [0.25, 0.3) is 0 Å². The number of aromatic nitrogens is 4. The smallest absolute Gasteiger partial charge is 0.141 e. The number of H-pyrrole nitrogens is 1. The highest BCUT2D eigenvalue weighted by atomic mass is 15.3. The maximum absolute atomic E-state index is 4.29. The van der Waals surface area contributed by atoms with Crippen LogP contribution in [0.4, 0.5) is 0 Å². The summed E-state index contributed by atoms with van der Waals surface area (Å²) in [6.45, 7) is 0. The molecule has 0 unspecified atom stereocenters. The van der Waals surface area contributed by atoms with Crippen molar-refractivity contribution in [1.82, 2.24) is 19.7 Å². The highest BCUT2D eigenvalue weighted by molar-refractivity contribution is 5.52. The van der Waals surface area contributed by atoms with Crippen molar-refractivity contribution < 1.29 is 0 Å². The number of hydrogen-bond acceptors (Lipinski definition) is 2. The average molecular weight is 209 g/mol. The molecule has 0 amide bonds. The number of nitrogens with one attached hydrogen (secondary N) is 1. The Morgan fingerprint density at radius 3 is 2.81 bits per heavy atom. The van der Waals surface area contributed by atoms with E-state index in [4.69, 9.17) is 0 Å². The van der Waals surface area contributed by atoms with Crippen LogP contribution >= 0.6 is 0 Å². The van der Waals surface area contributed by atoms with Crippen molar-refractivity contribution in [2.45, 2.75) is 0 Å². The largest absolute Gasteiger partial charge is 0.344 e. The van der Waals surface area contributed by atoms with Crippen LogP contribution in [0.15, 0.2) is 48.9 Å². The lowest BCUT2D eigenvalue weighted by Crippen LogP contribution is -1.92. The lowest BCUT2D eigenvalue weighted by molar-refractivity contribution is 0.880. The zero-order valence-corrected chi connectivity index (χ0v) is 8.46. The zero-order valence-electron chi connectivity index (χ0n) is 8.46. The van der Waals surface area contributed by atoms with E-state index < -0.39 is 0 Å². The Labute approximate surface area is 92.6 Å². The summed E-state index contributed by atoms with van der Waals surface area (Å²) in [5.41, 5.74) is 1.98. The maximum Gasteiger partial charge on any atom is 0.141 e. The number of benzene rings is 1. The topological polar surface area (TPSA) is 46.5 Å². The summed E-state index contributed by atoms with van der Waals surface area (Å²) < 4.78 is 1.82. The van der Waals surface area contributed by atoms with Crippen LogP contribution in [0.5, 0.6) is 0 Å². The SMILES string of the molecule is [c]1c[nH]c(-c2cnn(-c3ccccc3)c2)n1. The van der Waals surface area contributed by atoms with Gasteiger partial charge >= 0.3 is 0 Å². The van der Waals surface area contributed by atoms with Gasteiger partial charge in [0.1, 0.15) is 12.0 Å². The van der Waals surface area contributed by atoms with E-state index in [1.54, 1.807) is 12.4 Å². The van der Waals surface area contributed by atoms with Gasteiger partial charge in [-0.1, -0.05) is 18.2 Å². The van der Waals surface area contributed by atoms with Crippen LogP contribution in [-0.2, 0) is 0 Å². The number of para-hydroxylation sites is 1. The Morgan fingerprint density at radius 1 is 1.19 bits per heavy atom. The first-order valence-electron chi connectivity index (χ1n) is 4.95. The lowest BCUT2D eigenvalue weighted by atomic mass is 10.3. The van der Waals surface area contributed by atoms with E-state index in [1.165, 1.54) is 0 Å². The molecule has 1 radical (unpaired) electrons. The van der Waals surface area contributed by atoms with Crippen LogP contribution in [0.2, 0.25) is 0 Å². The number of nitrogens with zero attached hydrogens (tertiary/aromatic N) is 3. The van der Waals surface area contributed by atoms with Gasteiger partial charge in [-0.2, -0.15) is 5.10 Å². The number of imidazole rings is 1. The molecule has 3 rings (SSSR count). The van der Waals surface area contributed by atoms with Crippen molar-refractivity contribution in [3.63, 3.8) is 0 Å². The Balaban J connectivity index is 2.00. The van der Waals surface area contributed by atoms with Gasteiger partial charge in [0.2, 0.25) is 0 Å². The molecule has 4 nitrogen and oxygen atoms in total. The summed E-state index contributed by atoms with van der Waals surface area (Å²) >= 11 is 0. The Hall–Kier alpha value is -2.36. The minimum absolute atomic E-state index is 0.780. The maximum atomic E-state index is 4.29. The van der Waals surface area contributed by atoms with Crippen LogP contribution in [0.3, 0.4) is 0 Å². The first-order valence-corrected chi connectivity index (χ1v) is 4.95. The summed E-state index contributed by atoms with van der Waals surface area (Å²) in [4.78, 5) is 7.06. The molecular formula is C12H9N4.